The summed E-state index contributed by atoms with van der Waals surface area (Å²) in [6.07, 6.45) is -0.503. The number of hydrogen-bond donors (Lipinski definition) is 1. The Kier molecular flexibility index (Phi) is 6.34. The van der Waals surface area contributed by atoms with Gasteiger partial charge in [0, 0.05) is 45.5 Å². The molecule has 2 fully saturated rings. The van der Waals surface area contributed by atoms with Gasteiger partial charge in [-0.15, -0.1) is 0 Å². The summed E-state index contributed by atoms with van der Waals surface area (Å²) in [4.78, 5) is 38.4. The summed E-state index contributed by atoms with van der Waals surface area (Å²) in [6.45, 7) is 6.87. The van der Waals surface area contributed by atoms with E-state index < -0.39 is 18.2 Å². The molecule has 0 aromatic heterocycles. The number of amidine groups is 1. The van der Waals surface area contributed by atoms with Crippen LogP contribution in [0.1, 0.15) is 11.1 Å². The molecule has 0 spiro atoms. The maximum atomic E-state index is 12.9. The van der Waals surface area contributed by atoms with Gasteiger partial charge in [0.2, 0.25) is 0 Å². The lowest BCUT2D eigenvalue weighted by atomic mass is 10.1. The Morgan fingerprint density at radius 3 is 2.46 bits per heavy atom. The number of ether oxygens (including phenoxy) is 1. The zero-order chi connectivity index (χ0) is 24.5. The van der Waals surface area contributed by atoms with Gasteiger partial charge in [-0.2, -0.15) is 0 Å². The quantitative estimate of drug-likeness (QED) is 0.686. The van der Waals surface area contributed by atoms with Crippen molar-refractivity contribution in [3.63, 3.8) is 0 Å². The average molecular weight is 477 g/mol. The number of rotatable bonds is 6. The molecule has 2 aromatic carbocycles. The number of nitrogens with zero attached hydrogens (tertiary/aromatic N) is 5. The Balaban J connectivity index is 1.31. The van der Waals surface area contributed by atoms with Crippen LogP contribution in [-0.4, -0.2) is 91.6 Å². The van der Waals surface area contributed by atoms with Crippen LogP contribution in [0.3, 0.4) is 0 Å². The van der Waals surface area contributed by atoms with Crippen LogP contribution in [0.15, 0.2) is 53.5 Å². The van der Waals surface area contributed by atoms with Crippen molar-refractivity contribution in [2.24, 2.45) is 4.99 Å². The molecule has 0 bridgehead atoms. The lowest BCUT2D eigenvalue weighted by molar-refractivity contribution is -0.127. The number of urea groups is 1. The molecule has 0 saturated carbocycles. The fourth-order valence-electron chi connectivity index (χ4n) is 5.07. The molecule has 2 aromatic rings. The fraction of sp³-hybridized carbons (Fsp3) is 0.423. The maximum absolute atomic E-state index is 12.9. The summed E-state index contributed by atoms with van der Waals surface area (Å²) >= 11 is 0. The number of piperazine rings is 1. The second-order valence-corrected chi connectivity index (χ2v) is 9.39. The number of imide groups is 1. The third-order valence-electron chi connectivity index (χ3n) is 7.06. The Labute approximate surface area is 206 Å². The van der Waals surface area contributed by atoms with E-state index in [1.54, 1.807) is 14.2 Å². The Morgan fingerprint density at radius 1 is 1.03 bits per heavy atom. The van der Waals surface area contributed by atoms with E-state index >= 15 is 0 Å². The average Bonchev–Trinajstić information content (AvgIpc) is 3.21. The minimum atomic E-state index is -0.520. The Hall–Kier alpha value is -3.59. The zero-order valence-electron chi connectivity index (χ0n) is 20.5. The minimum absolute atomic E-state index is 0.283. The molecule has 3 amide bonds. The highest BCUT2D eigenvalue weighted by molar-refractivity contribution is 6.04. The predicted octanol–water partition coefficient (Wildman–Crippen LogP) is 1.92. The molecule has 2 saturated heterocycles. The topological polar surface area (TPSA) is 80.7 Å². The van der Waals surface area contributed by atoms with Crippen LogP contribution < -0.4 is 15.0 Å². The van der Waals surface area contributed by atoms with E-state index in [1.807, 2.05) is 18.2 Å². The number of benzene rings is 2. The number of fused-ring (bicyclic) bond motifs is 1. The molecule has 9 nitrogen and oxygen atoms in total. The summed E-state index contributed by atoms with van der Waals surface area (Å²) in [5, 5.41) is 2.49. The summed E-state index contributed by atoms with van der Waals surface area (Å²) in [5.74, 6) is 1.43. The van der Waals surface area contributed by atoms with Crippen molar-refractivity contribution in [3.05, 3.63) is 59.7 Å². The first-order chi connectivity index (χ1) is 16.9. The van der Waals surface area contributed by atoms with E-state index in [9.17, 15) is 9.59 Å². The third-order valence-corrected chi connectivity index (χ3v) is 7.06. The highest BCUT2D eigenvalue weighted by Crippen LogP contribution is 2.27. The van der Waals surface area contributed by atoms with E-state index in [1.165, 1.54) is 16.2 Å². The lowest BCUT2D eigenvalue weighted by Crippen LogP contribution is -2.63. The molecule has 3 aliphatic heterocycles. The number of amides is 3. The molecular formula is C26H32N6O3. The predicted molar refractivity (Wildman–Crippen MR) is 135 cm³/mol. The second kappa shape index (κ2) is 9.58. The first-order valence-electron chi connectivity index (χ1n) is 12.0. The number of aliphatic imine (C=N–C) groups is 1. The number of carbonyl (C=O) groups excluding carboxylic acids is 2. The van der Waals surface area contributed by atoms with E-state index in [0.29, 0.717) is 13.1 Å². The van der Waals surface area contributed by atoms with Gasteiger partial charge in [-0.05, 0) is 36.8 Å². The van der Waals surface area contributed by atoms with Gasteiger partial charge in [0.25, 0.3) is 5.91 Å². The number of hydrogen-bond acceptors (Lipinski definition) is 7. The lowest BCUT2D eigenvalue weighted by Gasteiger charge is -2.38. The van der Waals surface area contributed by atoms with Crippen LogP contribution in [-0.2, 0) is 11.3 Å². The van der Waals surface area contributed by atoms with E-state index in [2.05, 4.69) is 57.3 Å². The molecule has 0 aliphatic carbocycles. The molecule has 2 atom stereocenters. The summed E-state index contributed by atoms with van der Waals surface area (Å²) in [5.41, 5.74) is 3.48. The Morgan fingerprint density at radius 2 is 1.77 bits per heavy atom. The second-order valence-electron chi connectivity index (χ2n) is 9.39. The summed E-state index contributed by atoms with van der Waals surface area (Å²) in [6, 6.07) is 15.5. The number of anilines is 1. The molecule has 0 radical (unpaired) electrons. The first-order valence-corrected chi connectivity index (χ1v) is 12.0. The SMILES string of the molecule is COc1ccc(N2CCN(CC3=NC4C(C(=O)NC(=O)N4C)N3Cc3cccc(C)c3)CC2)cc1. The van der Waals surface area contributed by atoms with Gasteiger partial charge in [0.05, 0.1) is 13.7 Å². The van der Waals surface area contributed by atoms with Crippen molar-refractivity contribution in [2.45, 2.75) is 25.7 Å². The standard InChI is InChI=1S/C26H32N6O3/c1-18-5-4-6-19(15-18)16-32-22(27-24-23(32)25(33)28-26(34)29(24)2)17-30-11-13-31(14-12-30)20-7-9-21(35-3)10-8-20/h4-10,15,23-24H,11-14,16-17H2,1-3H3,(H,28,33,34). The number of likely N-dealkylation sites (N-methyl/N-ethyl adjacent to an activating group) is 1. The number of carbonyl (C=O) groups is 2. The molecule has 5 rings (SSSR count). The minimum Gasteiger partial charge on any atom is -0.497 e. The normalized spacial score (nSPS) is 22.7. The van der Waals surface area contributed by atoms with Crippen LogP contribution in [0, 0.1) is 6.92 Å². The first kappa shape index (κ1) is 23.2. The van der Waals surface area contributed by atoms with E-state index in [4.69, 9.17) is 9.73 Å². The molecule has 1 N–H and O–H groups in total. The molecular weight excluding hydrogens is 444 g/mol. The number of methoxy groups -OCH3 is 1. The van der Waals surface area contributed by atoms with Gasteiger partial charge in [0.15, 0.2) is 12.2 Å². The van der Waals surface area contributed by atoms with Gasteiger partial charge < -0.3 is 19.4 Å². The molecule has 3 aliphatic rings. The van der Waals surface area contributed by atoms with Crippen LogP contribution in [0.5, 0.6) is 5.75 Å². The highest BCUT2D eigenvalue weighted by atomic mass is 16.5. The smallest absolute Gasteiger partial charge is 0.325 e. The summed E-state index contributed by atoms with van der Waals surface area (Å²) in [7, 11) is 3.37. The Bertz CT molecular complexity index is 1130. The van der Waals surface area contributed by atoms with Crippen molar-refractivity contribution in [3.8, 4) is 5.75 Å². The van der Waals surface area contributed by atoms with Crippen molar-refractivity contribution in [1.29, 1.82) is 0 Å². The largest absolute Gasteiger partial charge is 0.497 e. The maximum Gasteiger partial charge on any atom is 0.325 e. The monoisotopic (exact) mass is 476 g/mol. The molecule has 2 unspecified atom stereocenters. The summed E-state index contributed by atoms with van der Waals surface area (Å²) < 4.78 is 5.27. The van der Waals surface area contributed by atoms with Crippen molar-refractivity contribution in [1.82, 2.24) is 20.0 Å². The zero-order valence-corrected chi connectivity index (χ0v) is 20.5. The van der Waals surface area contributed by atoms with Gasteiger partial charge in [-0.1, -0.05) is 29.8 Å². The number of aryl methyl sites for hydroxylation is 1. The van der Waals surface area contributed by atoms with E-state index in [-0.39, 0.29) is 5.91 Å². The van der Waals surface area contributed by atoms with Gasteiger partial charge >= 0.3 is 6.03 Å². The van der Waals surface area contributed by atoms with Gasteiger partial charge in [-0.25, -0.2) is 9.79 Å². The molecule has 9 heteroatoms. The van der Waals surface area contributed by atoms with Crippen LogP contribution in [0.2, 0.25) is 0 Å². The number of nitrogens with one attached hydrogen (secondary N) is 1. The fourth-order valence-corrected chi connectivity index (χ4v) is 5.07. The van der Waals surface area contributed by atoms with Gasteiger partial charge in [0.1, 0.15) is 11.6 Å². The molecule has 184 valence electrons. The van der Waals surface area contributed by atoms with E-state index in [0.717, 1.165) is 43.3 Å². The highest BCUT2D eigenvalue weighted by Gasteiger charge is 2.48. The molecule has 35 heavy (non-hydrogen) atoms. The van der Waals surface area contributed by atoms with Gasteiger partial charge in [-0.3, -0.25) is 15.0 Å². The molecule has 3 heterocycles. The van der Waals surface area contributed by atoms with Crippen LogP contribution >= 0.6 is 0 Å². The van der Waals surface area contributed by atoms with Crippen molar-refractivity contribution in [2.75, 3.05) is 51.8 Å². The third kappa shape index (κ3) is 4.68. The van der Waals surface area contributed by atoms with Crippen molar-refractivity contribution >= 4 is 23.5 Å². The van der Waals surface area contributed by atoms with Crippen LogP contribution in [0.4, 0.5) is 10.5 Å². The van der Waals surface area contributed by atoms with Crippen LogP contribution in [0.25, 0.3) is 0 Å². The van der Waals surface area contributed by atoms with Crippen molar-refractivity contribution < 1.29 is 14.3 Å².